The highest BCUT2D eigenvalue weighted by molar-refractivity contribution is 7.98. The van der Waals surface area contributed by atoms with E-state index >= 15 is 0 Å². The summed E-state index contributed by atoms with van der Waals surface area (Å²) in [4.78, 5) is 20.5. The fourth-order valence-electron chi connectivity index (χ4n) is 2.01. The second kappa shape index (κ2) is 4.42. The Balaban J connectivity index is 2.13. The zero-order chi connectivity index (χ0) is 12.5. The van der Waals surface area contributed by atoms with Crippen molar-refractivity contribution in [2.75, 3.05) is 6.26 Å². The van der Waals surface area contributed by atoms with Gasteiger partial charge >= 0.3 is 5.69 Å². The Labute approximate surface area is 108 Å². The van der Waals surface area contributed by atoms with E-state index in [0.717, 1.165) is 16.3 Å². The minimum Gasteiger partial charge on any atom is -0.264 e. The second-order valence-electron chi connectivity index (χ2n) is 3.94. The molecule has 0 bridgehead atoms. The summed E-state index contributed by atoms with van der Waals surface area (Å²) in [5.74, 6) is 0. The van der Waals surface area contributed by atoms with Gasteiger partial charge in [0.05, 0.1) is 5.69 Å². The van der Waals surface area contributed by atoms with Gasteiger partial charge in [0.15, 0.2) is 6.17 Å². The van der Waals surface area contributed by atoms with Gasteiger partial charge in [-0.2, -0.15) is 4.98 Å². The van der Waals surface area contributed by atoms with Crippen molar-refractivity contribution in [2.45, 2.75) is 11.2 Å². The average Bonchev–Trinajstić information content (AvgIpc) is 2.84. The summed E-state index contributed by atoms with van der Waals surface area (Å²) in [6.45, 7) is 0. The average molecular weight is 257 g/mol. The summed E-state index contributed by atoms with van der Waals surface area (Å²) in [6.07, 6.45) is 3.36. The molecule has 1 atom stereocenters. The Morgan fingerprint density at radius 2 is 2.06 bits per heavy atom. The van der Waals surface area contributed by atoms with Crippen molar-refractivity contribution in [3.05, 3.63) is 58.1 Å². The first-order chi connectivity index (χ1) is 8.79. The van der Waals surface area contributed by atoms with E-state index < -0.39 is 0 Å². The molecule has 90 valence electrons. The number of thioether (sulfide) groups is 1. The molecular weight excluding hydrogens is 246 g/mol. The summed E-state index contributed by atoms with van der Waals surface area (Å²) in [7, 11) is 0. The molecule has 18 heavy (non-hydrogen) atoms. The zero-order valence-electron chi connectivity index (χ0n) is 9.78. The summed E-state index contributed by atoms with van der Waals surface area (Å²) in [5.41, 5.74) is 1.56. The van der Waals surface area contributed by atoms with E-state index in [2.05, 4.69) is 9.98 Å². The van der Waals surface area contributed by atoms with Crippen LogP contribution in [0.5, 0.6) is 0 Å². The van der Waals surface area contributed by atoms with Crippen LogP contribution in [0.15, 0.2) is 51.2 Å². The summed E-state index contributed by atoms with van der Waals surface area (Å²) in [6, 6.07) is 11.6. The topological polar surface area (TPSA) is 47.2 Å². The highest BCUT2D eigenvalue weighted by atomic mass is 32.2. The number of hydrogen-bond donors (Lipinski definition) is 0. The maximum atomic E-state index is 12.0. The quantitative estimate of drug-likeness (QED) is 0.610. The van der Waals surface area contributed by atoms with Gasteiger partial charge in [-0.15, -0.1) is 11.8 Å². The predicted octanol–water partition coefficient (Wildman–Crippen LogP) is 1.94. The molecule has 0 spiro atoms. The number of rotatable bonds is 2. The minimum atomic E-state index is -0.280. The van der Waals surface area contributed by atoms with E-state index in [0.29, 0.717) is 0 Å². The third-order valence-corrected chi connectivity index (χ3v) is 3.49. The Bertz CT molecular complexity index is 664. The molecule has 2 heterocycles. The van der Waals surface area contributed by atoms with Crippen molar-refractivity contribution in [1.29, 1.82) is 0 Å². The monoisotopic (exact) mass is 257 g/mol. The van der Waals surface area contributed by atoms with Crippen molar-refractivity contribution in [2.24, 2.45) is 4.99 Å². The highest BCUT2D eigenvalue weighted by Crippen LogP contribution is 2.24. The third kappa shape index (κ3) is 1.76. The number of aliphatic imine (C=N–C) groups is 1. The maximum absolute atomic E-state index is 12.0. The van der Waals surface area contributed by atoms with Crippen LogP contribution < -0.4 is 5.69 Å². The molecule has 0 saturated carbocycles. The van der Waals surface area contributed by atoms with Crippen molar-refractivity contribution in [3.8, 4) is 0 Å². The van der Waals surface area contributed by atoms with Crippen LogP contribution in [0, 0.1) is 0 Å². The molecule has 0 amide bonds. The number of hydrogen-bond acceptors (Lipinski definition) is 4. The molecule has 0 N–H and O–H groups in total. The summed E-state index contributed by atoms with van der Waals surface area (Å²) in [5, 5.41) is 0.728. The lowest BCUT2D eigenvalue weighted by Gasteiger charge is -2.12. The molecule has 3 rings (SSSR count). The predicted molar refractivity (Wildman–Crippen MR) is 72.5 cm³/mol. The van der Waals surface area contributed by atoms with Gasteiger partial charge in [-0.05, 0) is 17.9 Å². The van der Waals surface area contributed by atoms with Gasteiger partial charge in [-0.3, -0.25) is 9.56 Å². The first-order valence-electron chi connectivity index (χ1n) is 5.55. The van der Waals surface area contributed by atoms with Gasteiger partial charge < -0.3 is 0 Å². The van der Waals surface area contributed by atoms with Gasteiger partial charge in [0.2, 0.25) is 0 Å². The third-order valence-electron chi connectivity index (χ3n) is 2.86. The van der Waals surface area contributed by atoms with E-state index in [1.165, 1.54) is 11.8 Å². The maximum Gasteiger partial charge on any atom is 0.351 e. The molecule has 0 aliphatic carbocycles. The lowest BCUT2D eigenvalue weighted by Crippen LogP contribution is -2.26. The molecule has 0 radical (unpaired) electrons. The number of aromatic nitrogens is 2. The lowest BCUT2D eigenvalue weighted by molar-refractivity contribution is 0.588. The molecule has 4 nitrogen and oxygen atoms in total. The Morgan fingerprint density at radius 3 is 2.78 bits per heavy atom. The fourth-order valence-corrected chi connectivity index (χ4v) is 2.42. The fraction of sp³-hybridized carbons (Fsp3) is 0.154. The molecule has 0 saturated heterocycles. The van der Waals surface area contributed by atoms with Crippen LogP contribution in [0.4, 0.5) is 0 Å². The smallest absolute Gasteiger partial charge is 0.264 e. The number of fused-ring (bicyclic) bond motifs is 1. The molecule has 0 fully saturated rings. The van der Waals surface area contributed by atoms with E-state index in [1.54, 1.807) is 10.8 Å². The normalized spacial score (nSPS) is 16.8. The molecular formula is C13H11N3OS. The number of nitrogens with zero attached hydrogens (tertiary/aromatic N) is 3. The van der Waals surface area contributed by atoms with Crippen molar-refractivity contribution >= 4 is 18.0 Å². The van der Waals surface area contributed by atoms with Crippen LogP contribution in [-0.4, -0.2) is 22.0 Å². The van der Waals surface area contributed by atoms with Crippen LogP contribution in [0.2, 0.25) is 0 Å². The molecule has 1 aromatic heterocycles. The van der Waals surface area contributed by atoms with Crippen LogP contribution in [-0.2, 0) is 0 Å². The van der Waals surface area contributed by atoms with Gasteiger partial charge in [0.1, 0.15) is 5.03 Å². The van der Waals surface area contributed by atoms with Gasteiger partial charge in [0.25, 0.3) is 0 Å². The summed E-state index contributed by atoms with van der Waals surface area (Å²) >= 11 is 1.46. The Morgan fingerprint density at radius 1 is 1.28 bits per heavy atom. The SMILES string of the molecule is CSc1cc2n(c(=O)n1)C(c1ccccc1)N=C2. The first kappa shape index (κ1) is 11.2. The minimum absolute atomic E-state index is 0.247. The largest absolute Gasteiger partial charge is 0.351 e. The van der Waals surface area contributed by atoms with E-state index in [1.807, 2.05) is 42.7 Å². The van der Waals surface area contributed by atoms with Crippen LogP contribution in [0.1, 0.15) is 17.4 Å². The highest BCUT2D eigenvalue weighted by Gasteiger charge is 2.21. The standard InChI is InChI=1S/C13H11N3OS/c1-18-11-7-10-8-14-12(16(10)13(17)15-11)9-5-3-2-4-6-9/h2-8,12H,1H3. The van der Waals surface area contributed by atoms with E-state index in [9.17, 15) is 4.79 Å². The Hall–Kier alpha value is -1.88. The van der Waals surface area contributed by atoms with E-state index in [-0.39, 0.29) is 11.9 Å². The van der Waals surface area contributed by atoms with Crippen molar-refractivity contribution in [3.63, 3.8) is 0 Å². The molecule has 1 aromatic carbocycles. The van der Waals surface area contributed by atoms with Gasteiger partial charge in [-0.25, -0.2) is 4.79 Å². The summed E-state index contributed by atoms with van der Waals surface area (Å²) < 4.78 is 1.62. The molecule has 1 unspecified atom stereocenters. The van der Waals surface area contributed by atoms with Gasteiger partial charge in [-0.1, -0.05) is 30.3 Å². The van der Waals surface area contributed by atoms with E-state index in [4.69, 9.17) is 0 Å². The molecule has 1 aliphatic heterocycles. The van der Waals surface area contributed by atoms with Crippen LogP contribution in [0.3, 0.4) is 0 Å². The second-order valence-corrected chi connectivity index (χ2v) is 4.76. The van der Waals surface area contributed by atoms with Crippen LogP contribution >= 0.6 is 11.8 Å². The Kier molecular flexibility index (Phi) is 2.76. The molecule has 2 aromatic rings. The van der Waals surface area contributed by atoms with Crippen molar-refractivity contribution in [1.82, 2.24) is 9.55 Å². The number of benzene rings is 1. The molecule has 1 aliphatic rings. The van der Waals surface area contributed by atoms with Crippen molar-refractivity contribution < 1.29 is 0 Å². The molecule has 5 heteroatoms. The first-order valence-corrected chi connectivity index (χ1v) is 6.78. The lowest BCUT2D eigenvalue weighted by atomic mass is 10.2. The zero-order valence-corrected chi connectivity index (χ0v) is 10.6. The van der Waals surface area contributed by atoms with Gasteiger partial charge in [0, 0.05) is 6.21 Å². The van der Waals surface area contributed by atoms with Crippen LogP contribution in [0.25, 0.3) is 0 Å².